The molecule has 0 bridgehead atoms. The van der Waals surface area contributed by atoms with Crippen LogP contribution in [-0.2, 0) is 11.4 Å². The standard InChI is InChI=1S/C30H26FN3O2S2/c1-2-3-17-33-29(35)27(38-30(33)37)18-23-19-34(25-7-5-4-6-8-25)32-28(23)22-11-15-26(16-12-22)36-20-21-9-13-24(31)14-10-21/h4-16,18-19H,2-3,17,20H2,1H3. The van der Waals surface area contributed by atoms with E-state index in [4.69, 9.17) is 22.1 Å². The summed E-state index contributed by atoms with van der Waals surface area (Å²) in [6.45, 7) is 3.07. The maximum absolute atomic E-state index is 13.2. The summed E-state index contributed by atoms with van der Waals surface area (Å²) >= 11 is 6.82. The van der Waals surface area contributed by atoms with Crippen LogP contribution in [0.2, 0.25) is 0 Å². The molecule has 5 nitrogen and oxygen atoms in total. The lowest BCUT2D eigenvalue weighted by Crippen LogP contribution is -2.28. The number of amides is 1. The van der Waals surface area contributed by atoms with Crippen molar-refractivity contribution < 1.29 is 13.9 Å². The van der Waals surface area contributed by atoms with Gasteiger partial charge in [-0.3, -0.25) is 9.69 Å². The lowest BCUT2D eigenvalue weighted by atomic mass is 10.1. The summed E-state index contributed by atoms with van der Waals surface area (Å²) in [4.78, 5) is 15.4. The van der Waals surface area contributed by atoms with Gasteiger partial charge in [-0.1, -0.05) is 67.7 Å². The third-order valence-electron chi connectivity index (χ3n) is 6.11. The molecule has 0 aliphatic carbocycles. The van der Waals surface area contributed by atoms with Crippen molar-refractivity contribution in [2.45, 2.75) is 26.4 Å². The molecule has 1 amide bonds. The second-order valence-electron chi connectivity index (χ2n) is 8.84. The molecule has 0 radical (unpaired) electrons. The SMILES string of the molecule is CCCCN1C(=O)C(=Cc2cn(-c3ccccc3)nc2-c2ccc(OCc3ccc(F)cc3)cc2)SC1=S. The molecule has 1 aliphatic rings. The maximum Gasteiger partial charge on any atom is 0.266 e. The van der Waals surface area contributed by atoms with Crippen molar-refractivity contribution in [1.29, 1.82) is 0 Å². The summed E-state index contributed by atoms with van der Waals surface area (Å²) in [5, 5.41) is 4.87. The molecule has 0 N–H and O–H groups in total. The third kappa shape index (κ3) is 5.87. The number of thiocarbonyl (C=S) groups is 1. The van der Waals surface area contributed by atoms with Crippen LogP contribution in [0.4, 0.5) is 4.39 Å². The molecule has 1 fully saturated rings. The van der Waals surface area contributed by atoms with Crippen molar-refractivity contribution >= 4 is 40.3 Å². The van der Waals surface area contributed by atoms with Crippen molar-refractivity contribution in [1.82, 2.24) is 14.7 Å². The summed E-state index contributed by atoms with van der Waals surface area (Å²) in [5.74, 6) is 0.363. The highest BCUT2D eigenvalue weighted by Crippen LogP contribution is 2.35. The van der Waals surface area contributed by atoms with Crippen molar-refractivity contribution in [2.24, 2.45) is 0 Å². The number of ether oxygens (including phenoxy) is 1. The van der Waals surface area contributed by atoms with Gasteiger partial charge in [0.05, 0.1) is 16.3 Å². The first-order valence-electron chi connectivity index (χ1n) is 12.4. The van der Waals surface area contributed by atoms with Crippen molar-refractivity contribution in [3.05, 3.63) is 107 Å². The number of unbranched alkanes of at least 4 members (excludes halogenated alkanes) is 1. The van der Waals surface area contributed by atoms with Crippen molar-refractivity contribution in [3.8, 4) is 22.7 Å². The van der Waals surface area contributed by atoms with E-state index < -0.39 is 0 Å². The van der Waals surface area contributed by atoms with E-state index in [0.29, 0.717) is 28.1 Å². The number of rotatable bonds is 9. The van der Waals surface area contributed by atoms with Gasteiger partial charge in [-0.15, -0.1) is 0 Å². The van der Waals surface area contributed by atoms with E-state index >= 15 is 0 Å². The largest absolute Gasteiger partial charge is 0.489 e. The number of hydrogen-bond acceptors (Lipinski definition) is 5. The first kappa shape index (κ1) is 25.9. The van der Waals surface area contributed by atoms with Gasteiger partial charge in [-0.05, 0) is 66.6 Å². The van der Waals surface area contributed by atoms with E-state index in [9.17, 15) is 9.18 Å². The number of carbonyl (C=O) groups excluding carboxylic acids is 1. The topological polar surface area (TPSA) is 47.4 Å². The predicted octanol–water partition coefficient (Wildman–Crippen LogP) is 7.26. The Morgan fingerprint density at radius 3 is 2.47 bits per heavy atom. The average molecular weight is 544 g/mol. The lowest BCUT2D eigenvalue weighted by molar-refractivity contribution is -0.122. The summed E-state index contributed by atoms with van der Waals surface area (Å²) in [6.07, 6.45) is 5.72. The van der Waals surface area contributed by atoms with Gasteiger partial charge in [0, 0.05) is 23.9 Å². The number of hydrogen-bond donors (Lipinski definition) is 0. The Hall–Kier alpha value is -3.75. The number of para-hydroxylation sites is 1. The Morgan fingerprint density at radius 1 is 1.03 bits per heavy atom. The molecule has 38 heavy (non-hydrogen) atoms. The van der Waals surface area contributed by atoms with E-state index in [1.807, 2.05) is 71.6 Å². The van der Waals surface area contributed by atoms with E-state index in [0.717, 1.165) is 40.9 Å². The molecule has 3 aromatic carbocycles. The second-order valence-corrected chi connectivity index (χ2v) is 10.5. The molecule has 8 heteroatoms. The molecule has 1 aliphatic heterocycles. The van der Waals surface area contributed by atoms with Gasteiger partial charge in [0.2, 0.25) is 0 Å². The molecule has 4 aromatic rings. The molecule has 1 saturated heterocycles. The molecular weight excluding hydrogens is 517 g/mol. The highest BCUT2D eigenvalue weighted by Gasteiger charge is 2.31. The van der Waals surface area contributed by atoms with Gasteiger partial charge in [0.25, 0.3) is 5.91 Å². The fourth-order valence-corrected chi connectivity index (χ4v) is 5.34. The fraction of sp³-hybridized carbons (Fsp3) is 0.167. The molecule has 0 saturated carbocycles. The normalized spacial score (nSPS) is 14.5. The molecule has 192 valence electrons. The van der Waals surface area contributed by atoms with Crippen molar-refractivity contribution in [3.63, 3.8) is 0 Å². The highest BCUT2D eigenvalue weighted by molar-refractivity contribution is 8.26. The Kier molecular flexibility index (Phi) is 8.00. The summed E-state index contributed by atoms with van der Waals surface area (Å²) in [7, 11) is 0. The minimum Gasteiger partial charge on any atom is -0.489 e. The van der Waals surface area contributed by atoms with E-state index in [1.54, 1.807) is 17.0 Å². The molecule has 1 aromatic heterocycles. The fourth-order valence-electron chi connectivity index (χ4n) is 4.04. The summed E-state index contributed by atoms with van der Waals surface area (Å²) in [6, 6.07) is 23.8. The Labute approximate surface area is 230 Å². The maximum atomic E-state index is 13.2. The van der Waals surface area contributed by atoms with Crippen LogP contribution < -0.4 is 4.74 Å². The van der Waals surface area contributed by atoms with Crippen LogP contribution >= 0.6 is 24.0 Å². The van der Waals surface area contributed by atoms with Crippen LogP contribution in [0, 0.1) is 5.82 Å². The van der Waals surface area contributed by atoms with Gasteiger partial charge in [-0.25, -0.2) is 9.07 Å². The molecule has 0 atom stereocenters. The monoisotopic (exact) mass is 543 g/mol. The zero-order valence-electron chi connectivity index (χ0n) is 20.8. The number of aromatic nitrogens is 2. The Balaban J connectivity index is 1.43. The molecule has 0 unspecified atom stereocenters. The third-order valence-corrected chi connectivity index (χ3v) is 7.48. The van der Waals surface area contributed by atoms with Crippen LogP contribution in [0.1, 0.15) is 30.9 Å². The zero-order chi connectivity index (χ0) is 26.5. The zero-order valence-corrected chi connectivity index (χ0v) is 22.5. The smallest absolute Gasteiger partial charge is 0.266 e. The number of benzene rings is 3. The number of nitrogens with zero attached hydrogens (tertiary/aromatic N) is 3. The average Bonchev–Trinajstić information content (AvgIpc) is 3.48. The minimum atomic E-state index is -0.271. The summed E-state index contributed by atoms with van der Waals surface area (Å²) in [5.41, 5.74) is 4.27. The Bertz CT molecular complexity index is 1470. The minimum absolute atomic E-state index is 0.0589. The lowest BCUT2D eigenvalue weighted by Gasteiger charge is -2.12. The summed E-state index contributed by atoms with van der Waals surface area (Å²) < 4.78 is 21.4. The van der Waals surface area contributed by atoms with Gasteiger partial charge in [0.15, 0.2) is 0 Å². The van der Waals surface area contributed by atoms with Crippen LogP contribution in [0.3, 0.4) is 0 Å². The molecular formula is C30H26FN3O2S2. The second kappa shape index (κ2) is 11.8. The highest BCUT2D eigenvalue weighted by atomic mass is 32.2. The van der Waals surface area contributed by atoms with Crippen LogP contribution in [0.15, 0.2) is 90.0 Å². The van der Waals surface area contributed by atoms with Crippen LogP contribution in [-0.4, -0.2) is 31.5 Å². The molecule has 5 rings (SSSR count). The Morgan fingerprint density at radius 2 is 1.76 bits per heavy atom. The first-order valence-corrected chi connectivity index (χ1v) is 13.6. The van der Waals surface area contributed by atoms with Crippen molar-refractivity contribution in [2.75, 3.05) is 6.54 Å². The quantitative estimate of drug-likeness (QED) is 0.164. The first-order chi connectivity index (χ1) is 18.5. The van der Waals surface area contributed by atoms with E-state index in [2.05, 4.69) is 6.92 Å². The van der Waals surface area contributed by atoms with Gasteiger partial charge in [0.1, 0.15) is 22.5 Å². The number of thioether (sulfide) groups is 1. The van der Waals surface area contributed by atoms with E-state index in [-0.39, 0.29) is 11.7 Å². The van der Waals surface area contributed by atoms with Crippen LogP contribution in [0.25, 0.3) is 23.0 Å². The molecule has 0 spiro atoms. The van der Waals surface area contributed by atoms with Crippen LogP contribution in [0.5, 0.6) is 5.75 Å². The number of carbonyl (C=O) groups is 1. The molecule has 2 heterocycles. The van der Waals surface area contributed by atoms with Gasteiger partial charge >= 0.3 is 0 Å². The van der Waals surface area contributed by atoms with Gasteiger partial charge in [-0.2, -0.15) is 5.10 Å². The van der Waals surface area contributed by atoms with Gasteiger partial charge < -0.3 is 4.74 Å². The predicted molar refractivity (Wildman–Crippen MR) is 155 cm³/mol. The number of halogens is 1. The van der Waals surface area contributed by atoms with E-state index in [1.165, 1.54) is 23.9 Å².